The van der Waals surface area contributed by atoms with Gasteiger partial charge in [0, 0.05) is 24.9 Å². The van der Waals surface area contributed by atoms with Crippen molar-refractivity contribution >= 4 is 43.5 Å². The molecule has 0 saturated carbocycles. The lowest BCUT2D eigenvalue weighted by molar-refractivity contribution is -0.139. The van der Waals surface area contributed by atoms with Gasteiger partial charge >= 0.3 is 19.9 Å². The summed E-state index contributed by atoms with van der Waals surface area (Å²) < 4.78 is 48.6. The molecule has 0 unspecified atom stereocenters. The molecule has 19 heteroatoms. The Morgan fingerprint density at radius 2 is 1.54 bits per heavy atom. The smallest absolute Gasteiger partial charge is 0.481 e. The molecule has 0 aliphatic rings. The number of alkyl halides is 1. The highest BCUT2D eigenvalue weighted by Gasteiger charge is 2.32. The molecule has 56 heavy (non-hydrogen) atoms. The van der Waals surface area contributed by atoms with Crippen LogP contribution in [0.4, 0.5) is 9.18 Å². The predicted octanol–water partition coefficient (Wildman–Crippen LogP) is 4.14. The van der Waals surface area contributed by atoms with Gasteiger partial charge in [-0.25, -0.2) is 13.8 Å². The first-order chi connectivity index (χ1) is 26.2. The van der Waals surface area contributed by atoms with Crippen LogP contribution in [0.3, 0.4) is 0 Å². The van der Waals surface area contributed by atoms with E-state index in [0.717, 1.165) is 0 Å². The van der Waals surface area contributed by atoms with Crippen molar-refractivity contribution in [3.63, 3.8) is 0 Å². The standard InChI is InChI=1S/C37H57FN5O12P/c1-8-18-52-56(51,53-19-9-2)55-30-14-13-25(21-26(30)23-38)22-29(35(49)42-28(33(39)47)20-24(3)4)43-34(48)27(41-31(44)15-16-32(45)46)12-10-11-17-40-36(50)54-37(5,6)7/h8-9,13-14,21,24,27-29H,1-2,10-12,15-20,22-23H2,3-7H3,(H2,39,47)(H,40,50)(H,41,44)(H,42,49)(H,43,48)(H,45,46)/t27-,28-,29-/m0/s1. The third kappa shape index (κ3) is 20.2. The number of carboxylic acids is 1. The Hall–Kier alpha value is -4.80. The average molecular weight is 814 g/mol. The number of halogens is 1. The lowest BCUT2D eigenvalue weighted by Gasteiger charge is -2.26. The normalized spacial score (nSPS) is 13.1. The van der Waals surface area contributed by atoms with Gasteiger partial charge in [-0.2, -0.15) is 0 Å². The Morgan fingerprint density at radius 3 is 2.07 bits per heavy atom. The van der Waals surface area contributed by atoms with E-state index in [1.807, 2.05) is 13.8 Å². The van der Waals surface area contributed by atoms with Crippen LogP contribution in [0.1, 0.15) is 84.3 Å². The number of nitrogens with two attached hydrogens (primary N) is 1. The van der Waals surface area contributed by atoms with E-state index >= 15 is 0 Å². The second-order valence-electron chi connectivity index (χ2n) is 14.1. The predicted molar refractivity (Wildman–Crippen MR) is 205 cm³/mol. The van der Waals surface area contributed by atoms with Crippen molar-refractivity contribution < 1.29 is 61.1 Å². The van der Waals surface area contributed by atoms with Gasteiger partial charge in [-0.3, -0.25) is 33.0 Å². The monoisotopic (exact) mass is 813 g/mol. The molecule has 17 nitrogen and oxygen atoms in total. The van der Waals surface area contributed by atoms with Crippen molar-refractivity contribution in [2.45, 2.75) is 110 Å². The molecule has 0 fully saturated rings. The number of benzene rings is 1. The van der Waals surface area contributed by atoms with Gasteiger partial charge in [-0.05, 0) is 70.1 Å². The van der Waals surface area contributed by atoms with Gasteiger partial charge in [0.15, 0.2) is 0 Å². The number of phosphoric ester groups is 1. The summed E-state index contributed by atoms with van der Waals surface area (Å²) in [4.78, 5) is 75.6. The third-order valence-electron chi connectivity index (χ3n) is 7.43. The fraction of sp³-hybridized carbons (Fsp3) is 0.568. The second kappa shape index (κ2) is 24.7. The minimum atomic E-state index is -4.26. The molecular weight excluding hydrogens is 756 g/mol. The number of ether oxygens (including phenoxy) is 1. The maximum Gasteiger partial charge on any atom is 0.530 e. The molecule has 0 bridgehead atoms. The zero-order valence-corrected chi connectivity index (χ0v) is 33.6. The maximum absolute atomic E-state index is 14.4. The van der Waals surface area contributed by atoms with Crippen LogP contribution >= 0.6 is 7.82 Å². The van der Waals surface area contributed by atoms with Gasteiger partial charge in [-0.1, -0.05) is 32.1 Å². The third-order valence-corrected chi connectivity index (χ3v) is 8.78. The number of phosphoric acid groups is 1. The van der Waals surface area contributed by atoms with E-state index in [1.54, 1.807) is 20.8 Å². The van der Waals surface area contributed by atoms with Gasteiger partial charge < -0.3 is 41.4 Å². The summed E-state index contributed by atoms with van der Waals surface area (Å²) in [5.41, 5.74) is 5.05. The topological polar surface area (TPSA) is 251 Å². The fourth-order valence-corrected chi connectivity index (χ4v) is 6.07. The van der Waals surface area contributed by atoms with Crippen molar-refractivity contribution in [3.05, 3.63) is 54.6 Å². The van der Waals surface area contributed by atoms with Crippen LogP contribution in [0.15, 0.2) is 43.5 Å². The first kappa shape index (κ1) is 49.2. The number of aliphatic carboxylic acids is 1. The molecule has 0 radical (unpaired) electrons. The number of hydrogen-bond acceptors (Lipinski definition) is 11. The van der Waals surface area contributed by atoms with Crippen LogP contribution in [0.2, 0.25) is 0 Å². The maximum atomic E-state index is 14.4. The molecule has 314 valence electrons. The highest BCUT2D eigenvalue weighted by Crippen LogP contribution is 2.50. The highest BCUT2D eigenvalue weighted by atomic mass is 31.2. The Bertz CT molecular complexity index is 1550. The Kier molecular flexibility index (Phi) is 21.7. The summed E-state index contributed by atoms with van der Waals surface area (Å²) in [5, 5.41) is 19.3. The molecule has 5 amide bonds. The lowest BCUT2D eigenvalue weighted by Crippen LogP contribution is -2.57. The lowest BCUT2D eigenvalue weighted by atomic mass is 9.99. The first-order valence-corrected chi connectivity index (χ1v) is 19.5. The molecule has 1 aromatic carbocycles. The molecule has 7 N–H and O–H groups in total. The Labute approximate surface area is 327 Å². The number of carbonyl (C=O) groups excluding carboxylic acids is 5. The molecule has 0 saturated heterocycles. The zero-order chi connectivity index (χ0) is 42.5. The van der Waals surface area contributed by atoms with Crippen LogP contribution in [0, 0.1) is 5.92 Å². The second-order valence-corrected chi connectivity index (χ2v) is 15.7. The van der Waals surface area contributed by atoms with Crippen molar-refractivity contribution in [2.24, 2.45) is 11.7 Å². The number of unbranched alkanes of at least 4 members (excludes halogenated alkanes) is 1. The first-order valence-electron chi connectivity index (χ1n) is 18.1. The number of nitrogens with one attached hydrogen (secondary N) is 4. The largest absolute Gasteiger partial charge is 0.530 e. The summed E-state index contributed by atoms with van der Waals surface area (Å²) in [5.74, 6) is -4.66. The summed E-state index contributed by atoms with van der Waals surface area (Å²) in [6.07, 6.45) is 1.64. The van der Waals surface area contributed by atoms with Gasteiger partial charge in [0.2, 0.25) is 23.6 Å². The Morgan fingerprint density at radius 1 is 0.929 bits per heavy atom. The van der Waals surface area contributed by atoms with E-state index in [9.17, 15) is 37.7 Å². The minimum absolute atomic E-state index is 0.0200. The van der Waals surface area contributed by atoms with Crippen LogP contribution < -0.4 is 31.5 Å². The molecule has 3 atom stereocenters. The average Bonchev–Trinajstić information content (AvgIpc) is 3.10. The van der Waals surface area contributed by atoms with Crippen LogP contribution in [0.5, 0.6) is 5.75 Å². The van der Waals surface area contributed by atoms with Gasteiger partial charge in [-0.15, -0.1) is 13.2 Å². The molecule has 0 aromatic heterocycles. The molecule has 1 aromatic rings. The number of primary amides is 1. The number of carboxylic acid groups (broad SMARTS) is 1. The van der Waals surface area contributed by atoms with Crippen molar-refractivity contribution in [3.8, 4) is 5.75 Å². The van der Waals surface area contributed by atoms with Gasteiger partial charge in [0.1, 0.15) is 36.2 Å². The van der Waals surface area contributed by atoms with E-state index in [2.05, 4.69) is 34.4 Å². The number of amides is 5. The number of rotatable bonds is 27. The van der Waals surface area contributed by atoms with Crippen LogP contribution in [0.25, 0.3) is 0 Å². The molecule has 0 aliphatic carbocycles. The quantitative estimate of drug-likeness (QED) is 0.0417. The van der Waals surface area contributed by atoms with Crippen LogP contribution in [-0.4, -0.2) is 84.3 Å². The van der Waals surface area contributed by atoms with E-state index in [1.165, 1.54) is 30.4 Å². The summed E-state index contributed by atoms with van der Waals surface area (Å²) >= 11 is 0. The van der Waals surface area contributed by atoms with E-state index < -0.39 is 86.8 Å². The molecule has 0 heterocycles. The van der Waals surface area contributed by atoms with E-state index in [4.69, 9.17) is 29.1 Å². The minimum Gasteiger partial charge on any atom is -0.481 e. The van der Waals surface area contributed by atoms with Gasteiger partial charge in [0.25, 0.3) is 0 Å². The fourth-order valence-electron chi connectivity index (χ4n) is 4.89. The molecule has 0 spiro atoms. The summed E-state index contributed by atoms with van der Waals surface area (Å²) in [7, 11) is -4.26. The van der Waals surface area contributed by atoms with Crippen LogP contribution in [-0.2, 0) is 55.4 Å². The summed E-state index contributed by atoms with van der Waals surface area (Å²) in [6, 6.07) is 0.242. The number of carbonyl (C=O) groups is 6. The Balaban J connectivity index is 3.43. The van der Waals surface area contributed by atoms with Crippen molar-refractivity contribution in [2.75, 3.05) is 19.8 Å². The molecular formula is C37H57FN5O12P. The van der Waals surface area contributed by atoms with Gasteiger partial charge in [0.05, 0.1) is 19.6 Å². The van der Waals surface area contributed by atoms with E-state index in [0.29, 0.717) is 18.4 Å². The SMILES string of the molecule is C=CCOP(=O)(OCC=C)Oc1ccc(C[C@H](NC(=O)[C@H](CCCCNC(=O)OC(C)(C)C)NC(=O)CCC(=O)O)C(=O)N[C@@H](CC(C)C)C(N)=O)cc1CF. The molecule has 0 aliphatic heterocycles. The number of hydrogen-bond donors (Lipinski definition) is 6. The number of alkyl carbamates (subject to hydrolysis) is 1. The van der Waals surface area contributed by atoms with Crippen molar-refractivity contribution in [1.29, 1.82) is 0 Å². The van der Waals surface area contributed by atoms with Crippen molar-refractivity contribution in [1.82, 2.24) is 21.3 Å². The highest BCUT2D eigenvalue weighted by molar-refractivity contribution is 7.48. The van der Waals surface area contributed by atoms with E-state index in [-0.39, 0.29) is 56.3 Å². The molecule has 1 rings (SSSR count). The summed E-state index contributed by atoms with van der Waals surface area (Å²) in [6.45, 7) is 14.4. The zero-order valence-electron chi connectivity index (χ0n) is 32.7.